The fourth-order valence-corrected chi connectivity index (χ4v) is 2.50. The molecule has 2 heterocycles. The van der Waals surface area contributed by atoms with Crippen LogP contribution in [0.1, 0.15) is 82.1 Å². The van der Waals surface area contributed by atoms with Gasteiger partial charge in [0.05, 0.1) is 0 Å². The van der Waals surface area contributed by atoms with Crippen molar-refractivity contribution in [2.75, 3.05) is 26.3 Å². The number of carbonyl (C=O) groups is 2. The zero-order chi connectivity index (χ0) is 19.8. The van der Waals surface area contributed by atoms with Crippen LogP contribution in [0, 0.1) is 10.8 Å². The first-order chi connectivity index (χ1) is 12.0. The highest BCUT2D eigenvalue weighted by Gasteiger charge is 2.25. The molecule has 2 aliphatic rings. The molecule has 0 saturated carbocycles. The van der Waals surface area contributed by atoms with Crippen LogP contribution in [0.2, 0.25) is 0 Å². The van der Waals surface area contributed by atoms with Gasteiger partial charge in [-0.1, -0.05) is 56.4 Å². The predicted octanol–water partition coefficient (Wildman–Crippen LogP) is 3.93. The largest absolute Gasteiger partial charge is 0.368 e. The van der Waals surface area contributed by atoms with Crippen molar-refractivity contribution in [2.24, 2.45) is 10.8 Å². The molecule has 2 rings (SSSR count). The Labute approximate surface area is 173 Å². The molecule has 6 heteroatoms. The van der Waals surface area contributed by atoms with E-state index in [1.807, 2.05) is 0 Å². The predicted molar refractivity (Wildman–Crippen MR) is 116 cm³/mol. The number of ether oxygens (including phenoxy) is 2. The minimum atomic E-state index is -0.192. The summed E-state index contributed by atoms with van der Waals surface area (Å²) in [5.41, 5.74) is 0.294. The van der Waals surface area contributed by atoms with Crippen LogP contribution in [-0.4, -0.2) is 50.3 Å². The van der Waals surface area contributed by atoms with Crippen LogP contribution < -0.4 is 10.6 Å². The van der Waals surface area contributed by atoms with Crippen LogP contribution in [0.15, 0.2) is 0 Å². The summed E-state index contributed by atoms with van der Waals surface area (Å²) in [7, 11) is 0. The smallest absolute Gasteiger partial charge is 0.249 e. The summed E-state index contributed by atoms with van der Waals surface area (Å²) in [6, 6.07) is 0. The van der Waals surface area contributed by atoms with E-state index >= 15 is 0 Å². The second kappa shape index (κ2) is 13.2. The van der Waals surface area contributed by atoms with Gasteiger partial charge in [0, 0.05) is 26.3 Å². The van der Waals surface area contributed by atoms with Gasteiger partial charge in [0.1, 0.15) is 12.2 Å². The first kappa shape index (κ1) is 29.1. The average molecular weight is 403 g/mol. The summed E-state index contributed by atoms with van der Waals surface area (Å²) in [6.07, 6.45) is 3.37. The molecule has 28 heavy (non-hydrogen) atoms. The van der Waals surface area contributed by atoms with Gasteiger partial charge < -0.3 is 20.1 Å². The van der Waals surface area contributed by atoms with Crippen molar-refractivity contribution in [3.63, 3.8) is 0 Å². The lowest BCUT2D eigenvalue weighted by Gasteiger charge is -2.20. The average Bonchev–Trinajstić information content (AvgIpc) is 3.22. The first-order valence-corrected chi connectivity index (χ1v) is 9.77. The molecule has 0 bridgehead atoms. The van der Waals surface area contributed by atoms with Gasteiger partial charge in [0.25, 0.3) is 0 Å². The van der Waals surface area contributed by atoms with E-state index in [1.165, 1.54) is 0 Å². The minimum absolute atomic E-state index is 0. The molecule has 0 aromatic heterocycles. The Hall–Kier alpha value is -1.14. The molecule has 2 aliphatic heterocycles. The maximum absolute atomic E-state index is 11.5. The molecule has 0 aromatic rings. The fourth-order valence-electron chi connectivity index (χ4n) is 2.50. The van der Waals surface area contributed by atoms with Crippen molar-refractivity contribution in [2.45, 2.75) is 94.3 Å². The van der Waals surface area contributed by atoms with Gasteiger partial charge in [0.15, 0.2) is 0 Å². The molecule has 2 fully saturated rings. The third-order valence-electron chi connectivity index (χ3n) is 4.03. The van der Waals surface area contributed by atoms with Gasteiger partial charge in [-0.15, -0.1) is 0 Å². The molecule has 168 valence electrons. The van der Waals surface area contributed by atoms with Crippen LogP contribution in [0.25, 0.3) is 0 Å². The lowest BCUT2D eigenvalue weighted by atomic mass is 9.97. The normalized spacial score (nSPS) is 21.5. The summed E-state index contributed by atoms with van der Waals surface area (Å²) in [6.45, 7) is 15.5. The maximum Gasteiger partial charge on any atom is 0.249 e. The van der Waals surface area contributed by atoms with E-state index in [-0.39, 0.29) is 49.7 Å². The van der Waals surface area contributed by atoms with E-state index in [1.54, 1.807) is 0 Å². The molecule has 0 aromatic carbocycles. The van der Waals surface area contributed by atoms with Crippen LogP contribution in [-0.2, 0) is 19.1 Å². The Kier molecular flexibility index (Phi) is 13.7. The highest BCUT2D eigenvalue weighted by molar-refractivity contribution is 5.81. The Balaban J connectivity index is 0. The molecular formula is C22H46N2O4. The van der Waals surface area contributed by atoms with Gasteiger partial charge >= 0.3 is 0 Å². The molecule has 6 nitrogen and oxygen atoms in total. The summed E-state index contributed by atoms with van der Waals surface area (Å²) >= 11 is 0. The SMILES string of the molecule is C.C.CC(C)(C)CNC(=O)[C@@H]1CCCO1.CC(C)(C)CNC(=O)[C@H]1CCCO1. The number of carbonyl (C=O) groups excluding carboxylic acids is 2. The lowest BCUT2D eigenvalue weighted by Crippen LogP contribution is -2.38. The maximum atomic E-state index is 11.5. The van der Waals surface area contributed by atoms with Gasteiger partial charge in [-0.2, -0.15) is 0 Å². The Morgan fingerprint density at radius 2 is 1.07 bits per heavy atom. The molecule has 2 N–H and O–H groups in total. The molecule has 2 atom stereocenters. The molecule has 0 unspecified atom stereocenters. The zero-order valence-corrected chi connectivity index (χ0v) is 17.4. The van der Waals surface area contributed by atoms with Crippen LogP contribution in [0.4, 0.5) is 0 Å². The van der Waals surface area contributed by atoms with Crippen molar-refractivity contribution in [1.82, 2.24) is 10.6 Å². The minimum Gasteiger partial charge on any atom is -0.368 e. The number of amides is 2. The fraction of sp³-hybridized carbons (Fsp3) is 0.909. The van der Waals surface area contributed by atoms with E-state index in [9.17, 15) is 9.59 Å². The van der Waals surface area contributed by atoms with E-state index in [0.717, 1.165) is 38.9 Å². The van der Waals surface area contributed by atoms with Crippen LogP contribution in [0.3, 0.4) is 0 Å². The van der Waals surface area contributed by atoms with Gasteiger partial charge in [-0.25, -0.2) is 0 Å². The van der Waals surface area contributed by atoms with E-state index in [2.05, 4.69) is 52.2 Å². The molecule has 0 spiro atoms. The van der Waals surface area contributed by atoms with E-state index < -0.39 is 0 Å². The number of hydrogen-bond acceptors (Lipinski definition) is 4. The molecule has 0 radical (unpaired) electrons. The van der Waals surface area contributed by atoms with Crippen molar-refractivity contribution >= 4 is 11.8 Å². The quantitative estimate of drug-likeness (QED) is 0.747. The van der Waals surface area contributed by atoms with Crippen LogP contribution in [0.5, 0.6) is 0 Å². The molecule has 2 saturated heterocycles. The Morgan fingerprint density at radius 1 is 0.750 bits per heavy atom. The number of hydrogen-bond donors (Lipinski definition) is 2. The number of rotatable bonds is 4. The highest BCUT2D eigenvalue weighted by Crippen LogP contribution is 2.15. The topological polar surface area (TPSA) is 76.7 Å². The number of nitrogens with one attached hydrogen (secondary N) is 2. The Bertz CT molecular complexity index is 398. The summed E-state index contributed by atoms with van der Waals surface area (Å²) in [5.74, 6) is 0.0971. The van der Waals surface area contributed by atoms with Crippen molar-refractivity contribution in [3.8, 4) is 0 Å². The monoisotopic (exact) mass is 402 g/mol. The molecule has 2 amide bonds. The van der Waals surface area contributed by atoms with Gasteiger partial charge in [-0.3, -0.25) is 9.59 Å². The van der Waals surface area contributed by atoms with E-state index in [4.69, 9.17) is 9.47 Å². The van der Waals surface area contributed by atoms with Crippen molar-refractivity contribution < 1.29 is 19.1 Å². The zero-order valence-electron chi connectivity index (χ0n) is 17.4. The lowest BCUT2D eigenvalue weighted by molar-refractivity contribution is -0.131. The van der Waals surface area contributed by atoms with Crippen molar-refractivity contribution in [1.29, 1.82) is 0 Å². The van der Waals surface area contributed by atoms with Crippen LogP contribution >= 0.6 is 0 Å². The first-order valence-electron chi connectivity index (χ1n) is 9.77. The van der Waals surface area contributed by atoms with E-state index in [0.29, 0.717) is 13.1 Å². The highest BCUT2D eigenvalue weighted by atomic mass is 16.5. The van der Waals surface area contributed by atoms with Gasteiger partial charge in [-0.05, 0) is 36.5 Å². The standard InChI is InChI=1S/2C10H19NO2.2CH4/c2*1-10(2,3)7-11-9(12)8-5-4-6-13-8;;/h2*8H,4-7H2,1-3H3,(H,11,12);2*1H4/t2*8-;;/m10../s1. The second-order valence-electron chi connectivity index (χ2n) is 9.56. The third kappa shape index (κ3) is 13.1. The molecular weight excluding hydrogens is 356 g/mol. The summed E-state index contributed by atoms with van der Waals surface area (Å²) in [5, 5.41) is 5.80. The Morgan fingerprint density at radius 3 is 1.29 bits per heavy atom. The van der Waals surface area contributed by atoms with Gasteiger partial charge in [0.2, 0.25) is 11.8 Å². The summed E-state index contributed by atoms with van der Waals surface area (Å²) < 4.78 is 10.5. The van der Waals surface area contributed by atoms with Crippen molar-refractivity contribution in [3.05, 3.63) is 0 Å². The second-order valence-corrected chi connectivity index (χ2v) is 9.56. The summed E-state index contributed by atoms with van der Waals surface area (Å²) in [4.78, 5) is 22.9. The molecule has 0 aliphatic carbocycles. The third-order valence-corrected chi connectivity index (χ3v) is 4.03.